The fraction of sp³-hybridized carbons (Fsp3) is 0.484. The van der Waals surface area contributed by atoms with E-state index in [1.807, 2.05) is 44.2 Å². The smallest absolute Gasteiger partial charge is 0.252 e. The number of nitrogens with zero attached hydrogens (tertiary/aromatic N) is 2. The van der Waals surface area contributed by atoms with Crippen LogP contribution in [0, 0.1) is 18.3 Å². The Balaban J connectivity index is 1.95. The second-order valence-electron chi connectivity index (χ2n) is 10.9. The number of methoxy groups -OCH3 is 1. The molecule has 2 aromatic carbocycles. The standard InChI is InChI=1S/C31H42N4O6S/c1-5-6-12-31(38)35(33-30(37)20-32-25-13-14-25)28(19-24-10-8-7-9-11-24)29(36)22-34(21-23(2)3)42(39,40)27-17-15-26(41-4)16-18-27/h1,7-11,15-18,23,25,28-29,32,36H,6,12-14,19-22H2,2-4H3,(H,33,37)/t28-,29+/m0/s1. The van der Waals surface area contributed by atoms with Gasteiger partial charge in [0.25, 0.3) is 5.91 Å². The lowest BCUT2D eigenvalue weighted by Crippen LogP contribution is -2.60. The summed E-state index contributed by atoms with van der Waals surface area (Å²) < 4.78 is 33.9. The summed E-state index contributed by atoms with van der Waals surface area (Å²) in [7, 11) is -2.53. The molecule has 0 aromatic heterocycles. The van der Waals surface area contributed by atoms with E-state index in [4.69, 9.17) is 11.2 Å². The van der Waals surface area contributed by atoms with Crippen molar-refractivity contribution in [1.29, 1.82) is 0 Å². The topological polar surface area (TPSA) is 128 Å². The lowest BCUT2D eigenvalue weighted by molar-refractivity contribution is -0.147. The number of amides is 2. The van der Waals surface area contributed by atoms with Gasteiger partial charge in [-0.1, -0.05) is 44.2 Å². The number of aliphatic hydroxyl groups excluding tert-OH is 1. The molecule has 0 bridgehead atoms. The van der Waals surface area contributed by atoms with E-state index in [0.29, 0.717) is 5.75 Å². The summed E-state index contributed by atoms with van der Waals surface area (Å²) in [5.41, 5.74) is 3.48. The fourth-order valence-electron chi connectivity index (χ4n) is 4.49. The number of hydrogen-bond acceptors (Lipinski definition) is 7. The van der Waals surface area contributed by atoms with Crippen LogP contribution in [0.3, 0.4) is 0 Å². The summed E-state index contributed by atoms with van der Waals surface area (Å²) in [4.78, 5) is 26.4. The number of sulfonamides is 1. The summed E-state index contributed by atoms with van der Waals surface area (Å²) >= 11 is 0. The number of hydrogen-bond donors (Lipinski definition) is 3. The van der Waals surface area contributed by atoms with Gasteiger partial charge in [-0.2, -0.15) is 4.31 Å². The number of carbonyl (C=O) groups excluding carboxylic acids is 2. The van der Waals surface area contributed by atoms with E-state index in [1.165, 1.54) is 23.5 Å². The van der Waals surface area contributed by atoms with Crippen LogP contribution in [0.2, 0.25) is 0 Å². The highest BCUT2D eigenvalue weighted by Gasteiger charge is 2.36. The third-order valence-electron chi connectivity index (χ3n) is 6.85. The van der Waals surface area contributed by atoms with E-state index in [-0.39, 0.29) is 55.8 Å². The molecule has 11 heteroatoms. The van der Waals surface area contributed by atoms with Crippen molar-refractivity contribution in [2.24, 2.45) is 5.92 Å². The van der Waals surface area contributed by atoms with Crippen molar-refractivity contribution in [2.45, 2.75) is 69.0 Å². The largest absolute Gasteiger partial charge is 0.497 e. The third-order valence-corrected chi connectivity index (χ3v) is 8.69. The number of nitrogens with one attached hydrogen (secondary N) is 2. The van der Waals surface area contributed by atoms with Crippen LogP contribution in [-0.4, -0.2) is 79.6 Å². The molecule has 1 aliphatic carbocycles. The van der Waals surface area contributed by atoms with Gasteiger partial charge in [-0.05, 0) is 55.0 Å². The van der Waals surface area contributed by atoms with Crippen molar-refractivity contribution in [3.05, 3.63) is 60.2 Å². The average Bonchev–Trinajstić information content (AvgIpc) is 3.81. The number of carbonyl (C=O) groups is 2. The Labute approximate surface area is 249 Å². The molecule has 0 radical (unpaired) electrons. The van der Waals surface area contributed by atoms with E-state index in [9.17, 15) is 23.1 Å². The van der Waals surface area contributed by atoms with Gasteiger partial charge in [0.2, 0.25) is 15.9 Å². The molecule has 1 aliphatic rings. The zero-order valence-corrected chi connectivity index (χ0v) is 25.3. The maximum absolute atomic E-state index is 13.8. The Kier molecular flexibility index (Phi) is 12.4. The number of terminal acetylenes is 1. The molecule has 42 heavy (non-hydrogen) atoms. The summed E-state index contributed by atoms with van der Waals surface area (Å²) in [6, 6.07) is 14.5. The Hall–Kier alpha value is -3.43. The molecule has 2 aromatic rings. The molecule has 228 valence electrons. The van der Waals surface area contributed by atoms with E-state index in [2.05, 4.69) is 16.7 Å². The van der Waals surface area contributed by atoms with E-state index >= 15 is 0 Å². The fourth-order valence-corrected chi connectivity index (χ4v) is 6.11. The highest BCUT2D eigenvalue weighted by Crippen LogP contribution is 2.23. The zero-order chi connectivity index (χ0) is 30.7. The molecule has 1 fully saturated rings. The number of hydrazine groups is 1. The van der Waals surface area contributed by atoms with Gasteiger partial charge >= 0.3 is 0 Å². The van der Waals surface area contributed by atoms with Gasteiger partial charge in [-0.25, -0.2) is 13.4 Å². The van der Waals surface area contributed by atoms with Gasteiger partial charge in [0.1, 0.15) is 5.75 Å². The summed E-state index contributed by atoms with van der Waals surface area (Å²) in [5.74, 6) is 1.99. The van der Waals surface area contributed by atoms with Crippen LogP contribution in [-0.2, 0) is 26.0 Å². The van der Waals surface area contributed by atoms with E-state index < -0.39 is 34.0 Å². The second-order valence-corrected chi connectivity index (χ2v) is 12.8. The lowest BCUT2D eigenvalue weighted by atomic mass is 9.99. The van der Waals surface area contributed by atoms with Crippen LogP contribution >= 0.6 is 0 Å². The van der Waals surface area contributed by atoms with Crippen molar-refractivity contribution >= 4 is 21.8 Å². The van der Waals surface area contributed by atoms with Crippen molar-refractivity contribution < 1.29 is 27.9 Å². The SMILES string of the molecule is C#CCCC(=O)N(NC(=O)CNC1CC1)[C@@H](Cc1ccccc1)[C@H](O)CN(CC(C)C)S(=O)(=O)c1ccc(OC)cc1. The van der Waals surface area contributed by atoms with Gasteiger partial charge in [0.15, 0.2) is 0 Å². The van der Waals surface area contributed by atoms with Crippen LogP contribution in [0.4, 0.5) is 0 Å². The van der Waals surface area contributed by atoms with Crippen LogP contribution in [0.25, 0.3) is 0 Å². The summed E-state index contributed by atoms with van der Waals surface area (Å²) in [6.45, 7) is 3.59. The molecule has 3 rings (SSSR count). The lowest BCUT2D eigenvalue weighted by Gasteiger charge is -2.37. The molecule has 0 heterocycles. The first-order chi connectivity index (χ1) is 20.0. The molecule has 10 nitrogen and oxygen atoms in total. The van der Waals surface area contributed by atoms with Crippen molar-refractivity contribution in [3.63, 3.8) is 0 Å². The molecule has 2 atom stereocenters. The molecule has 3 N–H and O–H groups in total. The van der Waals surface area contributed by atoms with E-state index in [1.54, 1.807) is 12.1 Å². The number of benzene rings is 2. The maximum Gasteiger partial charge on any atom is 0.252 e. The zero-order valence-electron chi connectivity index (χ0n) is 24.5. The first-order valence-corrected chi connectivity index (χ1v) is 15.6. The number of ether oxygens (including phenoxy) is 1. The average molecular weight is 599 g/mol. The molecular formula is C31H42N4O6S. The van der Waals surface area contributed by atoms with Crippen molar-refractivity contribution in [1.82, 2.24) is 20.1 Å². The normalized spacial score (nSPS) is 14.7. The first-order valence-electron chi connectivity index (χ1n) is 14.2. The first kappa shape index (κ1) is 33.1. The molecule has 0 saturated heterocycles. The molecule has 2 amide bonds. The van der Waals surface area contributed by atoms with Gasteiger partial charge in [-0.15, -0.1) is 12.3 Å². The molecule has 1 saturated carbocycles. The van der Waals surface area contributed by atoms with Crippen molar-refractivity contribution in [2.75, 3.05) is 26.7 Å². The monoisotopic (exact) mass is 598 g/mol. The highest BCUT2D eigenvalue weighted by atomic mass is 32.2. The van der Waals surface area contributed by atoms with Gasteiger partial charge in [0, 0.05) is 32.0 Å². The predicted octanol–water partition coefficient (Wildman–Crippen LogP) is 2.34. The maximum atomic E-state index is 13.8. The number of rotatable bonds is 16. The Morgan fingerprint density at radius 1 is 1.10 bits per heavy atom. The van der Waals surface area contributed by atoms with Gasteiger partial charge in [-0.3, -0.25) is 15.0 Å². The van der Waals surface area contributed by atoms with Crippen LogP contribution < -0.4 is 15.5 Å². The molecular weight excluding hydrogens is 556 g/mol. The summed E-state index contributed by atoms with van der Waals surface area (Å²) in [5, 5.41) is 16.0. The molecule has 0 unspecified atom stereocenters. The van der Waals surface area contributed by atoms with Gasteiger partial charge < -0.3 is 15.2 Å². The quantitative estimate of drug-likeness (QED) is 0.200. The minimum absolute atomic E-state index is 0.00304. The Morgan fingerprint density at radius 2 is 1.76 bits per heavy atom. The Bertz CT molecular complexity index is 1310. The second kappa shape index (κ2) is 15.7. The van der Waals surface area contributed by atoms with Crippen LogP contribution in [0.15, 0.2) is 59.5 Å². The number of aliphatic hydroxyl groups is 1. The van der Waals surface area contributed by atoms with E-state index in [0.717, 1.165) is 23.4 Å². The van der Waals surface area contributed by atoms with Crippen LogP contribution in [0.5, 0.6) is 5.75 Å². The minimum Gasteiger partial charge on any atom is -0.497 e. The minimum atomic E-state index is -4.03. The van der Waals surface area contributed by atoms with Gasteiger partial charge in [0.05, 0.1) is 30.7 Å². The Morgan fingerprint density at radius 3 is 2.33 bits per heavy atom. The highest BCUT2D eigenvalue weighted by molar-refractivity contribution is 7.89. The summed E-state index contributed by atoms with van der Waals surface area (Å²) in [6.07, 6.45) is 6.29. The third kappa shape index (κ3) is 9.84. The molecule has 0 spiro atoms. The predicted molar refractivity (Wildman–Crippen MR) is 161 cm³/mol. The van der Waals surface area contributed by atoms with Crippen molar-refractivity contribution in [3.8, 4) is 18.1 Å². The molecule has 0 aliphatic heterocycles. The van der Waals surface area contributed by atoms with Crippen LogP contribution in [0.1, 0.15) is 45.1 Å².